The van der Waals surface area contributed by atoms with E-state index in [-0.39, 0.29) is 0 Å². The molecule has 1 aromatic heterocycles. The molecule has 0 bridgehead atoms. The zero-order valence-corrected chi connectivity index (χ0v) is 12.4. The smallest absolute Gasteiger partial charge is 0.320 e. The standard InChI is InChI=1S/C13H23N5O2/c1-10(2)18-12(14-9-15-18)8-16-4-6-17(7-5-16)11(3)13(19)20/h9-11H,4-8H2,1-3H3,(H,19,20). The van der Waals surface area contributed by atoms with Gasteiger partial charge in [0.1, 0.15) is 18.2 Å². The molecule has 0 aromatic carbocycles. The topological polar surface area (TPSA) is 74.5 Å². The van der Waals surface area contributed by atoms with Crippen LogP contribution < -0.4 is 0 Å². The van der Waals surface area contributed by atoms with E-state index in [1.807, 2.05) is 9.58 Å². The van der Waals surface area contributed by atoms with E-state index in [2.05, 4.69) is 28.8 Å². The van der Waals surface area contributed by atoms with Crippen molar-refractivity contribution in [2.24, 2.45) is 0 Å². The largest absolute Gasteiger partial charge is 0.480 e. The van der Waals surface area contributed by atoms with E-state index in [1.165, 1.54) is 0 Å². The SMILES string of the molecule is CC(C(=O)O)N1CCN(Cc2ncnn2C(C)C)CC1. The summed E-state index contributed by atoms with van der Waals surface area (Å²) in [5.74, 6) is 0.220. The van der Waals surface area contributed by atoms with Gasteiger partial charge in [0.25, 0.3) is 0 Å². The first-order valence-corrected chi connectivity index (χ1v) is 7.06. The second-order valence-corrected chi connectivity index (χ2v) is 5.54. The maximum atomic E-state index is 11.0. The Balaban J connectivity index is 1.88. The fourth-order valence-electron chi connectivity index (χ4n) is 2.48. The van der Waals surface area contributed by atoms with Crippen molar-refractivity contribution in [3.05, 3.63) is 12.2 Å². The fourth-order valence-corrected chi connectivity index (χ4v) is 2.48. The van der Waals surface area contributed by atoms with Gasteiger partial charge < -0.3 is 5.11 Å². The van der Waals surface area contributed by atoms with Gasteiger partial charge in [-0.25, -0.2) is 9.67 Å². The van der Waals surface area contributed by atoms with Gasteiger partial charge in [0.15, 0.2) is 0 Å². The Labute approximate surface area is 119 Å². The number of piperazine rings is 1. The molecule has 1 fully saturated rings. The molecular formula is C13H23N5O2. The van der Waals surface area contributed by atoms with E-state index in [0.29, 0.717) is 6.04 Å². The number of nitrogens with zero attached hydrogens (tertiary/aromatic N) is 5. The zero-order valence-electron chi connectivity index (χ0n) is 12.4. The first kappa shape index (κ1) is 14.9. The number of hydrogen-bond donors (Lipinski definition) is 1. The van der Waals surface area contributed by atoms with Crippen molar-refractivity contribution in [1.29, 1.82) is 0 Å². The molecule has 1 aliphatic heterocycles. The third-order valence-corrected chi connectivity index (χ3v) is 3.81. The van der Waals surface area contributed by atoms with Crippen LogP contribution in [0.15, 0.2) is 6.33 Å². The molecule has 0 saturated carbocycles. The lowest BCUT2D eigenvalue weighted by molar-refractivity contribution is -0.143. The van der Waals surface area contributed by atoms with E-state index >= 15 is 0 Å². The average molecular weight is 281 g/mol. The molecule has 0 amide bonds. The minimum absolute atomic E-state index is 0.306. The normalized spacial score (nSPS) is 19.4. The molecule has 0 aliphatic carbocycles. The highest BCUT2D eigenvalue weighted by Crippen LogP contribution is 2.11. The number of carboxylic acid groups (broad SMARTS) is 1. The lowest BCUT2D eigenvalue weighted by Crippen LogP contribution is -2.51. The van der Waals surface area contributed by atoms with Crippen LogP contribution in [0, 0.1) is 0 Å². The number of aliphatic carboxylic acids is 1. The molecule has 2 heterocycles. The van der Waals surface area contributed by atoms with Crippen LogP contribution in [-0.4, -0.2) is 67.9 Å². The number of aromatic nitrogens is 3. The van der Waals surface area contributed by atoms with Crippen molar-refractivity contribution in [1.82, 2.24) is 24.6 Å². The number of rotatable bonds is 5. The summed E-state index contributed by atoms with van der Waals surface area (Å²) in [7, 11) is 0. The molecule has 1 aromatic rings. The lowest BCUT2D eigenvalue weighted by atomic mass is 10.2. The van der Waals surface area contributed by atoms with Gasteiger partial charge in [-0.3, -0.25) is 14.6 Å². The van der Waals surface area contributed by atoms with Crippen LogP contribution in [-0.2, 0) is 11.3 Å². The number of carboxylic acids is 1. The van der Waals surface area contributed by atoms with E-state index in [4.69, 9.17) is 5.11 Å². The summed E-state index contributed by atoms with van der Waals surface area (Å²) < 4.78 is 1.94. The molecule has 1 unspecified atom stereocenters. The number of hydrogen-bond acceptors (Lipinski definition) is 5. The van der Waals surface area contributed by atoms with Crippen molar-refractivity contribution < 1.29 is 9.90 Å². The molecule has 20 heavy (non-hydrogen) atoms. The molecule has 0 radical (unpaired) electrons. The molecule has 1 aliphatic rings. The van der Waals surface area contributed by atoms with Gasteiger partial charge in [0.05, 0.1) is 6.54 Å². The quantitative estimate of drug-likeness (QED) is 0.844. The first-order valence-electron chi connectivity index (χ1n) is 7.06. The molecule has 7 heteroatoms. The second-order valence-electron chi connectivity index (χ2n) is 5.54. The minimum Gasteiger partial charge on any atom is -0.480 e. The monoisotopic (exact) mass is 281 g/mol. The average Bonchev–Trinajstić information content (AvgIpc) is 2.87. The van der Waals surface area contributed by atoms with Crippen LogP contribution >= 0.6 is 0 Å². The summed E-state index contributed by atoms with van der Waals surface area (Å²) in [4.78, 5) is 19.6. The summed E-state index contributed by atoms with van der Waals surface area (Å²) in [5, 5.41) is 13.3. The third kappa shape index (κ3) is 3.34. The van der Waals surface area contributed by atoms with Crippen molar-refractivity contribution >= 4 is 5.97 Å². The Kier molecular flexibility index (Phi) is 4.72. The van der Waals surface area contributed by atoms with Gasteiger partial charge in [-0.15, -0.1) is 0 Å². The van der Waals surface area contributed by atoms with Crippen LogP contribution in [0.25, 0.3) is 0 Å². The molecular weight excluding hydrogens is 258 g/mol. The molecule has 1 atom stereocenters. The van der Waals surface area contributed by atoms with Crippen molar-refractivity contribution in [3.8, 4) is 0 Å². The van der Waals surface area contributed by atoms with E-state index in [9.17, 15) is 4.79 Å². The lowest BCUT2D eigenvalue weighted by Gasteiger charge is -2.36. The molecule has 7 nitrogen and oxygen atoms in total. The highest BCUT2D eigenvalue weighted by molar-refractivity contribution is 5.72. The van der Waals surface area contributed by atoms with E-state index < -0.39 is 12.0 Å². The van der Waals surface area contributed by atoms with Gasteiger partial charge in [-0.05, 0) is 20.8 Å². The Morgan fingerprint density at radius 1 is 1.30 bits per heavy atom. The molecule has 112 valence electrons. The predicted molar refractivity (Wildman–Crippen MR) is 74.4 cm³/mol. The molecule has 1 N–H and O–H groups in total. The summed E-state index contributed by atoms with van der Waals surface area (Å²) in [6, 6.07) is -0.0997. The zero-order chi connectivity index (χ0) is 14.7. The van der Waals surface area contributed by atoms with E-state index in [1.54, 1.807) is 13.3 Å². The molecule has 1 saturated heterocycles. The van der Waals surface area contributed by atoms with Gasteiger partial charge >= 0.3 is 5.97 Å². The fraction of sp³-hybridized carbons (Fsp3) is 0.769. The van der Waals surface area contributed by atoms with Gasteiger partial charge in [0.2, 0.25) is 0 Å². The minimum atomic E-state index is -0.752. The van der Waals surface area contributed by atoms with Crippen molar-refractivity contribution in [3.63, 3.8) is 0 Å². The third-order valence-electron chi connectivity index (χ3n) is 3.81. The first-order chi connectivity index (χ1) is 9.49. The highest BCUT2D eigenvalue weighted by atomic mass is 16.4. The van der Waals surface area contributed by atoms with Crippen molar-refractivity contribution in [2.45, 2.75) is 39.4 Å². The van der Waals surface area contributed by atoms with Crippen molar-refractivity contribution in [2.75, 3.05) is 26.2 Å². The van der Waals surface area contributed by atoms with Gasteiger partial charge in [-0.1, -0.05) is 0 Å². The molecule has 0 spiro atoms. The van der Waals surface area contributed by atoms with Gasteiger partial charge in [0, 0.05) is 32.2 Å². The Bertz CT molecular complexity index is 451. The number of carbonyl (C=O) groups is 1. The predicted octanol–water partition coefficient (Wildman–Crippen LogP) is 0.450. The summed E-state index contributed by atoms with van der Waals surface area (Å²) in [6.07, 6.45) is 1.60. The second kappa shape index (κ2) is 6.32. The van der Waals surface area contributed by atoms with Crippen LogP contribution in [0.3, 0.4) is 0 Å². The van der Waals surface area contributed by atoms with Gasteiger partial charge in [-0.2, -0.15) is 5.10 Å². The Morgan fingerprint density at radius 3 is 2.50 bits per heavy atom. The van der Waals surface area contributed by atoms with Crippen LogP contribution in [0.2, 0.25) is 0 Å². The summed E-state index contributed by atoms with van der Waals surface area (Å²) in [5.41, 5.74) is 0. The highest BCUT2D eigenvalue weighted by Gasteiger charge is 2.25. The van der Waals surface area contributed by atoms with Crippen LogP contribution in [0.1, 0.15) is 32.6 Å². The maximum Gasteiger partial charge on any atom is 0.320 e. The maximum absolute atomic E-state index is 11.0. The summed E-state index contributed by atoms with van der Waals surface area (Å²) in [6.45, 7) is 9.98. The molecule has 2 rings (SSSR count). The van der Waals surface area contributed by atoms with E-state index in [0.717, 1.165) is 38.5 Å². The van der Waals surface area contributed by atoms with Crippen LogP contribution in [0.4, 0.5) is 0 Å². The summed E-state index contributed by atoms with van der Waals surface area (Å²) >= 11 is 0. The Morgan fingerprint density at radius 2 is 1.95 bits per heavy atom. The van der Waals surface area contributed by atoms with Crippen LogP contribution in [0.5, 0.6) is 0 Å². The Hall–Kier alpha value is -1.47.